The van der Waals surface area contributed by atoms with E-state index in [1.165, 1.54) is 115 Å². The summed E-state index contributed by atoms with van der Waals surface area (Å²) in [6.45, 7) is 25.9. The predicted molar refractivity (Wildman–Crippen MR) is 563 cm³/mol. The number of hydrogen-bond donors (Lipinski definition) is 0. The Morgan fingerprint density at radius 2 is 0.545 bits per heavy atom. The van der Waals surface area contributed by atoms with Gasteiger partial charge in [-0.1, -0.05) is 398 Å². The molecule has 638 valence electrons. The summed E-state index contributed by atoms with van der Waals surface area (Å²) < 4.78 is 12.8. The summed E-state index contributed by atoms with van der Waals surface area (Å²) in [5.41, 5.74) is 34.4. The molecule has 132 heavy (non-hydrogen) atoms. The normalized spacial score (nSPS) is 12.2. The summed E-state index contributed by atoms with van der Waals surface area (Å²) in [6, 6.07) is 156. The van der Waals surface area contributed by atoms with Crippen LogP contribution in [0.2, 0.25) is 0 Å². The van der Waals surface area contributed by atoms with Crippen LogP contribution in [0.4, 0.5) is 34.1 Å². The Morgan fingerprint density at radius 3 is 1.05 bits per heavy atom. The fraction of sp³-hybridized carbons (Fsp3) is 0.125. The second kappa shape index (κ2) is 32.7. The number of para-hydroxylation sites is 4. The van der Waals surface area contributed by atoms with Gasteiger partial charge < -0.3 is 18.6 Å². The van der Waals surface area contributed by atoms with E-state index in [0.717, 1.165) is 129 Å². The van der Waals surface area contributed by atoms with Crippen molar-refractivity contribution in [1.29, 1.82) is 0 Å². The van der Waals surface area contributed by atoms with Gasteiger partial charge in [-0.05, 0) is 274 Å². The lowest BCUT2D eigenvalue weighted by Gasteiger charge is -2.30. The van der Waals surface area contributed by atoms with E-state index in [2.05, 4.69) is 492 Å². The molecule has 0 saturated heterocycles. The smallest absolute Gasteiger partial charge is 0.135 e. The minimum atomic E-state index is -0.302. The highest BCUT2D eigenvalue weighted by Gasteiger charge is 2.30. The van der Waals surface area contributed by atoms with E-state index in [4.69, 9.17) is 8.83 Å². The summed E-state index contributed by atoms with van der Waals surface area (Å²) >= 11 is 0. The number of benzene rings is 20. The summed E-state index contributed by atoms with van der Waals surface area (Å²) in [4.78, 5) is 4.96. The van der Waals surface area contributed by atoms with E-state index in [-0.39, 0.29) is 21.7 Å². The van der Waals surface area contributed by atoms with Gasteiger partial charge in [-0.25, -0.2) is 0 Å². The molecule has 4 nitrogen and oxygen atoms in total. The van der Waals surface area contributed by atoms with Crippen molar-refractivity contribution < 1.29 is 8.83 Å². The van der Waals surface area contributed by atoms with Crippen LogP contribution in [0.3, 0.4) is 0 Å². The quantitative estimate of drug-likeness (QED) is 0.0910. The Kier molecular flexibility index (Phi) is 20.4. The molecule has 0 aliphatic carbocycles. The Balaban J connectivity index is 0.627. The molecule has 22 aromatic rings. The summed E-state index contributed by atoms with van der Waals surface area (Å²) in [5.74, 6) is 0. The number of nitrogens with zero attached hydrogens (tertiary/aromatic N) is 2. The average Bonchev–Trinajstić information content (AvgIpc) is 0.938. The van der Waals surface area contributed by atoms with Crippen LogP contribution in [0.1, 0.15) is 104 Å². The second-order valence-electron chi connectivity index (χ2n) is 39.7. The van der Waals surface area contributed by atoms with Gasteiger partial charge in [-0.2, -0.15) is 0 Å². The standard InChI is InChI=1S/C128H104N2O2/c1-125(2,3)95-70-93(71-96(79-95)126(4,5)6)107-51-26-33-85-35-29-54-114(123(85)107)110-46-15-19-56-118(110)130(101-42-23-38-88(75-101)90-63-68-122-116(78-90)112-48-17-21-58-120(112)132-122)102-43-24-39-92(76-102)105-50-30-40-91-69-82(59-66-106(91)105)81-128(10,11)98-73-94(72-97(80-98)127(7,8)9)108-52-27-34-86-36-28-53-113(124(86)108)109-45-14-18-55-117(109)129(99-64-60-84(61-65-99)104-49-25-32-83-31-12-13-44-103(83)104)100-41-22-37-87(74-100)89-62-67-121-115(77-89)111-47-16-20-57-119(111)131-121/h12-80H,81H2,1-11H3. The molecule has 2 heterocycles. The molecule has 0 N–H and O–H groups in total. The van der Waals surface area contributed by atoms with Crippen LogP contribution < -0.4 is 9.80 Å². The minimum absolute atomic E-state index is 0.0583. The van der Waals surface area contributed by atoms with Gasteiger partial charge in [0.15, 0.2) is 0 Å². The van der Waals surface area contributed by atoms with Crippen molar-refractivity contribution in [2.75, 3.05) is 9.80 Å². The highest BCUT2D eigenvalue weighted by Crippen LogP contribution is 2.52. The van der Waals surface area contributed by atoms with E-state index in [1.807, 2.05) is 12.1 Å². The Morgan fingerprint density at radius 1 is 0.197 bits per heavy atom. The van der Waals surface area contributed by atoms with Gasteiger partial charge in [0.05, 0.1) is 11.4 Å². The first-order valence-electron chi connectivity index (χ1n) is 46.4. The van der Waals surface area contributed by atoms with Crippen molar-refractivity contribution in [2.24, 2.45) is 0 Å². The number of hydrogen-bond acceptors (Lipinski definition) is 4. The maximum Gasteiger partial charge on any atom is 0.135 e. The molecule has 0 fully saturated rings. The molecule has 0 aliphatic rings. The van der Waals surface area contributed by atoms with Crippen molar-refractivity contribution in [1.82, 2.24) is 0 Å². The van der Waals surface area contributed by atoms with Gasteiger partial charge in [0.2, 0.25) is 0 Å². The molecule has 0 atom stereocenters. The highest BCUT2D eigenvalue weighted by atomic mass is 16.3. The SMILES string of the molecule is CC(C)(C)c1cc(-c2cccc3cccc(-c4ccccc4N(c4cccc(-c5ccc6oc7ccccc7c6c5)c4)c4cccc(-c5cccc6cc(CC(C)(C)c7cc(-c8cccc9cccc(-c%10ccccc%10N(c%10ccc(-c%11cccc%12ccccc%11%12)cc%10)c%10cccc(-c%11ccc%12oc%13ccccc%13c%12c%11)c%10)c89)cc(C(C)(C)C)c7)ccc56)c4)c23)cc(C(C)(C)C)c1. The molecule has 0 radical (unpaired) electrons. The van der Waals surface area contributed by atoms with Crippen LogP contribution in [0.15, 0.2) is 427 Å². The summed E-state index contributed by atoms with van der Waals surface area (Å²) in [6.07, 6.45) is 0.818. The van der Waals surface area contributed by atoms with Crippen LogP contribution >= 0.6 is 0 Å². The van der Waals surface area contributed by atoms with E-state index in [9.17, 15) is 0 Å². The monoisotopic (exact) mass is 1700 g/mol. The van der Waals surface area contributed by atoms with Crippen LogP contribution in [-0.2, 0) is 28.1 Å². The van der Waals surface area contributed by atoms with Crippen LogP contribution in [0.5, 0.6) is 0 Å². The summed E-state index contributed by atoms with van der Waals surface area (Å²) in [5, 5.41) is 14.1. The third-order valence-electron chi connectivity index (χ3n) is 27.4. The molecule has 20 aromatic carbocycles. The number of anilines is 6. The Hall–Kier alpha value is -15.4. The lowest BCUT2D eigenvalue weighted by atomic mass is 9.74. The molecule has 0 saturated carbocycles. The van der Waals surface area contributed by atoms with E-state index >= 15 is 0 Å². The van der Waals surface area contributed by atoms with Crippen molar-refractivity contribution in [3.05, 3.63) is 446 Å². The van der Waals surface area contributed by atoms with Gasteiger partial charge in [0, 0.05) is 55.4 Å². The summed E-state index contributed by atoms with van der Waals surface area (Å²) in [7, 11) is 0. The van der Waals surface area contributed by atoms with E-state index in [1.54, 1.807) is 0 Å². The van der Waals surface area contributed by atoms with Gasteiger partial charge in [0.1, 0.15) is 22.3 Å². The van der Waals surface area contributed by atoms with Crippen molar-refractivity contribution in [3.63, 3.8) is 0 Å². The Bertz CT molecular complexity index is 8250. The molecule has 0 amide bonds. The third kappa shape index (κ3) is 15.2. The minimum Gasteiger partial charge on any atom is -0.456 e. The number of fused-ring (bicyclic) bond motifs is 10. The second-order valence-corrected chi connectivity index (χ2v) is 39.7. The first-order chi connectivity index (χ1) is 64.0. The van der Waals surface area contributed by atoms with E-state index < -0.39 is 0 Å². The number of rotatable bonds is 17. The maximum absolute atomic E-state index is 6.40. The zero-order valence-electron chi connectivity index (χ0n) is 76.8. The number of furan rings is 2. The third-order valence-corrected chi connectivity index (χ3v) is 27.4. The van der Waals surface area contributed by atoms with Gasteiger partial charge in [0.25, 0.3) is 0 Å². The molecule has 2 aromatic heterocycles. The lowest BCUT2D eigenvalue weighted by molar-refractivity contribution is 0.518. The molecule has 22 rings (SSSR count). The zero-order valence-corrected chi connectivity index (χ0v) is 76.8. The van der Waals surface area contributed by atoms with E-state index in [0.29, 0.717) is 0 Å². The maximum atomic E-state index is 6.40. The first-order valence-corrected chi connectivity index (χ1v) is 46.4. The lowest BCUT2D eigenvalue weighted by Crippen LogP contribution is -2.22. The molecule has 0 bridgehead atoms. The fourth-order valence-electron chi connectivity index (χ4n) is 20.4. The fourth-order valence-corrected chi connectivity index (χ4v) is 20.4. The van der Waals surface area contributed by atoms with Gasteiger partial charge in [-0.3, -0.25) is 0 Å². The van der Waals surface area contributed by atoms with Crippen LogP contribution in [0.25, 0.3) is 176 Å². The average molecular weight is 1700 g/mol. The predicted octanol–water partition coefficient (Wildman–Crippen LogP) is 36.8. The van der Waals surface area contributed by atoms with Gasteiger partial charge in [-0.15, -0.1) is 0 Å². The molecular weight excluding hydrogens is 1600 g/mol. The largest absolute Gasteiger partial charge is 0.456 e. The van der Waals surface area contributed by atoms with Crippen LogP contribution in [0, 0.1) is 0 Å². The van der Waals surface area contributed by atoms with Crippen molar-refractivity contribution in [3.8, 4) is 89.0 Å². The zero-order chi connectivity index (χ0) is 89.9. The van der Waals surface area contributed by atoms with Gasteiger partial charge >= 0.3 is 0 Å². The van der Waals surface area contributed by atoms with Crippen molar-refractivity contribution >= 4 is 121 Å². The molecule has 4 heteroatoms. The molecular formula is C128H104N2O2. The molecule has 0 spiro atoms. The highest BCUT2D eigenvalue weighted by molar-refractivity contribution is 6.13. The molecule has 0 unspecified atom stereocenters. The van der Waals surface area contributed by atoms with Crippen LogP contribution in [-0.4, -0.2) is 0 Å². The van der Waals surface area contributed by atoms with Crippen molar-refractivity contribution in [2.45, 2.75) is 104 Å². The topological polar surface area (TPSA) is 32.8 Å². The first kappa shape index (κ1) is 82.3. The Labute approximate surface area is 774 Å². The molecule has 0 aliphatic heterocycles.